The van der Waals surface area contributed by atoms with Gasteiger partial charge in [0.2, 0.25) is 0 Å². The summed E-state index contributed by atoms with van der Waals surface area (Å²) in [5, 5.41) is 2.94. The standard InChI is InChI=1S/C23H23N3O/c1-17-6-4-7-18(14-17)15-25-23(27)21-12-11-20(16-24-21)26-13-5-9-19-8-2-3-10-22(19)26/h2-4,6-8,10-12,14,16H,5,9,13,15H2,1H3,(H,25,27). The molecular formula is C23H23N3O. The summed E-state index contributed by atoms with van der Waals surface area (Å²) in [4.78, 5) is 19.1. The molecule has 0 bridgehead atoms. The third kappa shape index (κ3) is 3.85. The number of nitrogens with zero attached hydrogens (tertiary/aromatic N) is 2. The lowest BCUT2D eigenvalue weighted by molar-refractivity contribution is 0.0946. The second-order valence-corrected chi connectivity index (χ2v) is 6.96. The van der Waals surface area contributed by atoms with Gasteiger partial charge in [0, 0.05) is 18.8 Å². The van der Waals surface area contributed by atoms with E-state index in [0.717, 1.165) is 30.6 Å². The Labute approximate surface area is 159 Å². The highest BCUT2D eigenvalue weighted by Crippen LogP contribution is 2.32. The molecule has 0 radical (unpaired) electrons. The number of hydrogen-bond donors (Lipinski definition) is 1. The third-order valence-electron chi connectivity index (χ3n) is 4.94. The minimum atomic E-state index is -0.151. The van der Waals surface area contributed by atoms with Gasteiger partial charge in [0.05, 0.1) is 11.9 Å². The number of rotatable bonds is 4. The Kier molecular flexibility index (Phi) is 4.88. The van der Waals surface area contributed by atoms with Crippen molar-refractivity contribution in [2.75, 3.05) is 11.4 Å². The molecule has 1 aliphatic heterocycles. The Hall–Kier alpha value is -3.14. The van der Waals surface area contributed by atoms with Gasteiger partial charge >= 0.3 is 0 Å². The fraction of sp³-hybridized carbons (Fsp3) is 0.217. The molecule has 4 heteroatoms. The summed E-state index contributed by atoms with van der Waals surface area (Å²) in [5.74, 6) is -0.151. The summed E-state index contributed by atoms with van der Waals surface area (Å²) >= 11 is 0. The number of benzene rings is 2. The molecule has 1 N–H and O–H groups in total. The zero-order valence-corrected chi connectivity index (χ0v) is 15.5. The first-order chi connectivity index (χ1) is 13.2. The molecule has 0 saturated heterocycles. The molecule has 3 aromatic rings. The van der Waals surface area contributed by atoms with Crippen LogP contribution in [0.5, 0.6) is 0 Å². The van der Waals surface area contributed by atoms with Crippen LogP contribution in [0.15, 0.2) is 66.9 Å². The summed E-state index contributed by atoms with van der Waals surface area (Å²) < 4.78 is 0. The SMILES string of the molecule is Cc1cccc(CNC(=O)c2ccc(N3CCCc4ccccc43)cn2)c1. The summed E-state index contributed by atoms with van der Waals surface area (Å²) in [5.41, 5.74) is 6.34. The average Bonchev–Trinajstić information content (AvgIpc) is 2.72. The second kappa shape index (κ2) is 7.62. The van der Waals surface area contributed by atoms with Gasteiger partial charge < -0.3 is 10.2 Å². The lowest BCUT2D eigenvalue weighted by Crippen LogP contribution is -2.26. The van der Waals surface area contributed by atoms with Crippen molar-refractivity contribution in [1.29, 1.82) is 0 Å². The minimum Gasteiger partial charge on any atom is -0.347 e. The van der Waals surface area contributed by atoms with Gasteiger partial charge in [-0.2, -0.15) is 0 Å². The molecule has 0 unspecified atom stereocenters. The Morgan fingerprint density at radius 1 is 1.11 bits per heavy atom. The van der Waals surface area contributed by atoms with Crippen LogP contribution in [0.3, 0.4) is 0 Å². The van der Waals surface area contributed by atoms with Crippen LogP contribution >= 0.6 is 0 Å². The van der Waals surface area contributed by atoms with Crippen molar-refractivity contribution >= 4 is 17.3 Å². The number of para-hydroxylation sites is 1. The van der Waals surface area contributed by atoms with Gasteiger partial charge in [-0.1, -0.05) is 48.0 Å². The lowest BCUT2D eigenvalue weighted by Gasteiger charge is -2.31. The Bertz CT molecular complexity index is 950. The number of carbonyl (C=O) groups excluding carboxylic acids is 1. The van der Waals surface area contributed by atoms with E-state index in [9.17, 15) is 4.79 Å². The molecule has 136 valence electrons. The van der Waals surface area contributed by atoms with Crippen LogP contribution in [-0.2, 0) is 13.0 Å². The number of pyridine rings is 1. The van der Waals surface area contributed by atoms with Crippen molar-refractivity contribution in [2.24, 2.45) is 0 Å². The van der Waals surface area contributed by atoms with Crippen molar-refractivity contribution < 1.29 is 4.79 Å². The van der Waals surface area contributed by atoms with E-state index in [1.807, 2.05) is 31.2 Å². The number of hydrogen-bond acceptors (Lipinski definition) is 3. The van der Waals surface area contributed by atoms with Crippen LogP contribution in [0, 0.1) is 6.92 Å². The van der Waals surface area contributed by atoms with Crippen LogP contribution in [0.1, 0.15) is 33.6 Å². The molecule has 0 atom stereocenters. The molecule has 27 heavy (non-hydrogen) atoms. The monoisotopic (exact) mass is 357 g/mol. The van der Waals surface area contributed by atoms with Gasteiger partial charge in [0.25, 0.3) is 5.91 Å². The molecule has 0 saturated carbocycles. The number of amides is 1. The van der Waals surface area contributed by atoms with E-state index in [1.165, 1.54) is 16.8 Å². The van der Waals surface area contributed by atoms with E-state index in [2.05, 4.69) is 45.5 Å². The molecular weight excluding hydrogens is 334 g/mol. The summed E-state index contributed by atoms with van der Waals surface area (Å²) in [7, 11) is 0. The van der Waals surface area contributed by atoms with E-state index >= 15 is 0 Å². The van der Waals surface area contributed by atoms with E-state index in [1.54, 1.807) is 12.3 Å². The number of anilines is 2. The first kappa shape index (κ1) is 17.3. The van der Waals surface area contributed by atoms with E-state index in [0.29, 0.717) is 12.2 Å². The largest absolute Gasteiger partial charge is 0.347 e. The van der Waals surface area contributed by atoms with Crippen LogP contribution in [0.2, 0.25) is 0 Å². The lowest BCUT2D eigenvalue weighted by atomic mass is 10.0. The number of carbonyl (C=O) groups is 1. The van der Waals surface area contributed by atoms with Gasteiger partial charge in [0.1, 0.15) is 5.69 Å². The van der Waals surface area contributed by atoms with Gasteiger partial charge in [-0.15, -0.1) is 0 Å². The molecule has 0 spiro atoms. The Balaban J connectivity index is 1.45. The van der Waals surface area contributed by atoms with Crippen molar-refractivity contribution in [3.05, 3.63) is 89.2 Å². The summed E-state index contributed by atoms with van der Waals surface area (Å²) in [6.07, 6.45) is 4.03. The van der Waals surface area contributed by atoms with E-state index in [-0.39, 0.29) is 5.91 Å². The van der Waals surface area contributed by atoms with Crippen molar-refractivity contribution in [2.45, 2.75) is 26.3 Å². The predicted octanol–water partition coefficient (Wildman–Crippen LogP) is 4.40. The topological polar surface area (TPSA) is 45.2 Å². The highest BCUT2D eigenvalue weighted by atomic mass is 16.1. The molecule has 0 fully saturated rings. The van der Waals surface area contributed by atoms with Crippen LogP contribution in [0.25, 0.3) is 0 Å². The minimum absolute atomic E-state index is 0.151. The molecule has 2 heterocycles. The smallest absolute Gasteiger partial charge is 0.270 e. The normalized spacial score (nSPS) is 13.1. The first-order valence-electron chi connectivity index (χ1n) is 9.36. The molecule has 1 aliphatic rings. The highest BCUT2D eigenvalue weighted by Gasteiger charge is 2.18. The van der Waals surface area contributed by atoms with Crippen molar-refractivity contribution in [3.63, 3.8) is 0 Å². The van der Waals surface area contributed by atoms with E-state index < -0.39 is 0 Å². The number of fused-ring (bicyclic) bond motifs is 1. The average molecular weight is 357 g/mol. The van der Waals surface area contributed by atoms with Crippen molar-refractivity contribution in [1.82, 2.24) is 10.3 Å². The fourth-order valence-electron chi connectivity index (χ4n) is 3.58. The maximum atomic E-state index is 12.4. The molecule has 4 rings (SSSR count). The van der Waals surface area contributed by atoms with Crippen LogP contribution in [0.4, 0.5) is 11.4 Å². The fourth-order valence-corrected chi connectivity index (χ4v) is 3.58. The van der Waals surface area contributed by atoms with Crippen LogP contribution < -0.4 is 10.2 Å². The summed E-state index contributed by atoms with van der Waals surface area (Å²) in [6.45, 7) is 3.52. The quantitative estimate of drug-likeness (QED) is 0.752. The molecule has 1 aromatic heterocycles. The number of aryl methyl sites for hydroxylation is 2. The van der Waals surface area contributed by atoms with Gasteiger partial charge in [-0.3, -0.25) is 4.79 Å². The van der Waals surface area contributed by atoms with E-state index in [4.69, 9.17) is 0 Å². The van der Waals surface area contributed by atoms with Crippen LogP contribution in [-0.4, -0.2) is 17.4 Å². The third-order valence-corrected chi connectivity index (χ3v) is 4.94. The summed E-state index contributed by atoms with van der Waals surface area (Å²) in [6, 6.07) is 20.4. The maximum absolute atomic E-state index is 12.4. The number of nitrogens with one attached hydrogen (secondary N) is 1. The van der Waals surface area contributed by atoms with Crippen molar-refractivity contribution in [3.8, 4) is 0 Å². The molecule has 2 aromatic carbocycles. The van der Waals surface area contributed by atoms with Gasteiger partial charge in [0.15, 0.2) is 0 Å². The van der Waals surface area contributed by atoms with Gasteiger partial charge in [-0.25, -0.2) is 4.98 Å². The Morgan fingerprint density at radius 2 is 2.00 bits per heavy atom. The number of aromatic nitrogens is 1. The highest BCUT2D eigenvalue weighted by molar-refractivity contribution is 5.92. The van der Waals surface area contributed by atoms with Gasteiger partial charge in [-0.05, 0) is 49.1 Å². The second-order valence-electron chi connectivity index (χ2n) is 6.96. The molecule has 0 aliphatic carbocycles. The first-order valence-corrected chi connectivity index (χ1v) is 9.36. The zero-order valence-electron chi connectivity index (χ0n) is 15.5. The molecule has 4 nitrogen and oxygen atoms in total. The Morgan fingerprint density at radius 3 is 2.81 bits per heavy atom. The molecule has 1 amide bonds. The maximum Gasteiger partial charge on any atom is 0.270 e. The zero-order chi connectivity index (χ0) is 18.6. The predicted molar refractivity (Wildman–Crippen MR) is 108 cm³/mol.